The minimum atomic E-state index is -0.365. The first-order valence-electron chi connectivity index (χ1n) is 10.2. The van der Waals surface area contributed by atoms with Crippen LogP contribution in [0, 0.1) is 28.1 Å². The summed E-state index contributed by atoms with van der Waals surface area (Å²) in [4.78, 5) is 27.9. The normalized spacial score (nSPS) is 40.4. The summed E-state index contributed by atoms with van der Waals surface area (Å²) in [5, 5.41) is 0. The molecule has 4 aliphatic carbocycles. The van der Waals surface area contributed by atoms with Crippen LogP contribution in [0.4, 0.5) is 0 Å². The lowest BCUT2D eigenvalue weighted by atomic mass is 9.40. The van der Waals surface area contributed by atoms with Crippen LogP contribution in [0.1, 0.15) is 81.4 Å². The molecular weight excluding hydrogens is 322 g/mol. The highest BCUT2D eigenvalue weighted by molar-refractivity contribution is 6.50. The number of nitrogens with one attached hydrogen (secondary N) is 1. The number of carbonyl (C=O) groups excluding carboxylic acids is 2. The third-order valence-corrected chi connectivity index (χ3v) is 8.79. The first kappa shape index (κ1) is 16.5. The average molecular weight is 351 g/mol. The Morgan fingerprint density at radius 3 is 2.58 bits per heavy atom. The minimum Gasteiger partial charge on any atom is -0.358 e. The maximum absolute atomic E-state index is 12.4. The molecule has 4 atom stereocenters. The van der Waals surface area contributed by atoms with Crippen molar-refractivity contribution in [3.63, 3.8) is 0 Å². The first-order chi connectivity index (χ1) is 12.2. The number of H-pyrrole nitrogens is 1. The summed E-state index contributed by atoms with van der Waals surface area (Å²) in [6.07, 6.45) is 11.0. The van der Waals surface area contributed by atoms with Gasteiger partial charge in [-0.15, -0.1) is 0 Å². The van der Waals surface area contributed by atoms with E-state index in [4.69, 9.17) is 0 Å². The van der Waals surface area contributed by atoms with Gasteiger partial charge in [-0.1, -0.05) is 34.1 Å². The molecule has 2 unspecified atom stereocenters. The molecular formula is C23H29NO2. The quantitative estimate of drug-likeness (QED) is 0.671. The fraction of sp³-hybridized carbons (Fsp3) is 0.652. The van der Waals surface area contributed by atoms with Crippen LogP contribution in [0.25, 0.3) is 5.57 Å². The van der Waals surface area contributed by atoms with Gasteiger partial charge in [0.25, 0.3) is 0 Å². The van der Waals surface area contributed by atoms with E-state index in [9.17, 15) is 9.59 Å². The Morgan fingerprint density at radius 1 is 1.04 bits per heavy atom. The average Bonchev–Trinajstić information content (AvgIpc) is 2.98. The van der Waals surface area contributed by atoms with E-state index in [1.807, 2.05) is 6.20 Å². The lowest BCUT2D eigenvalue weighted by molar-refractivity contribution is -0.115. The summed E-state index contributed by atoms with van der Waals surface area (Å²) >= 11 is 0. The number of hydrogen-bond donors (Lipinski definition) is 1. The van der Waals surface area contributed by atoms with Crippen molar-refractivity contribution >= 4 is 17.1 Å². The number of Topliss-reactive ketones (excluding diaryl/α,β-unsaturated/α-hetero) is 1. The van der Waals surface area contributed by atoms with E-state index in [1.165, 1.54) is 31.2 Å². The van der Waals surface area contributed by atoms with Gasteiger partial charge in [0.1, 0.15) is 0 Å². The largest absolute Gasteiger partial charge is 0.358 e. The number of hydrogen-bond acceptors (Lipinski definition) is 2. The summed E-state index contributed by atoms with van der Waals surface area (Å²) in [5.74, 6) is 0.565. The molecule has 0 amide bonds. The van der Waals surface area contributed by atoms with Crippen LogP contribution in [0.5, 0.6) is 0 Å². The van der Waals surface area contributed by atoms with E-state index in [1.54, 1.807) is 6.08 Å². The van der Waals surface area contributed by atoms with E-state index in [0.717, 1.165) is 29.9 Å². The molecule has 0 saturated heterocycles. The zero-order valence-corrected chi connectivity index (χ0v) is 16.4. The van der Waals surface area contributed by atoms with Crippen LogP contribution in [0.2, 0.25) is 0 Å². The molecule has 0 aromatic carbocycles. The van der Waals surface area contributed by atoms with Crippen LogP contribution in [0.15, 0.2) is 12.3 Å². The Morgan fingerprint density at radius 2 is 1.81 bits per heavy atom. The second kappa shape index (κ2) is 4.79. The fourth-order valence-corrected chi connectivity index (χ4v) is 7.60. The topological polar surface area (TPSA) is 49.9 Å². The van der Waals surface area contributed by atoms with Gasteiger partial charge in [0.15, 0.2) is 0 Å². The molecule has 2 saturated carbocycles. The Kier molecular flexibility index (Phi) is 3.05. The zero-order chi connectivity index (χ0) is 18.5. The summed E-state index contributed by atoms with van der Waals surface area (Å²) < 4.78 is 0. The van der Waals surface area contributed by atoms with Crippen molar-refractivity contribution in [2.75, 3.05) is 0 Å². The minimum absolute atomic E-state index is 0.00102. The Labute approximate surface area is 155 Å². The van der Waals surface area contributed by atoms with Gasteiger partial charge in [0.05, 0.1) is 5.69 Å². The highest BCUT2D eigenvalue weighted by Crippen LogP contribution is 2.69. The van der Waals surface area contributed by atoms with Crippen LogP contribution in [-0.2, 0) is 11.2 Å². The summed E-state index contributed by atoms with van der Waals surface area (Å²) in [5.41, 5.74) is 4.69. The number of carbonyl (C=O) groups is 2. The number of rotatable bonds is 0. The summed E-state index contributed by atoms with van der Waals surface area (Å²) in [7, 11) is 0. The number of fused-ring (bicyclic) bond motifs is 4. The molecule has 4 aliphatic rings. The van der Waals surface area contributed by atoms with Crippen molar-refractivity contribution in [2.24, 2.45) is 28.1 Å². The maximum Gasteiger partial charge on any atom is 0.249 e. The highest BCUT2D eigenvalue weighted by Gasteiger charge is 2.61. The SMILES string of the molecule is CC1(C)CCC[C@@]2(C)C1CC[C@@]1(C)C3=CC(=O)C(=O)c4[nH]cc(c43)CC21. The van der Waals surface area contributed by atoms with Gasteiger partial charge in [-0.2, -0.15) is 0 Å². The smallest absolute Gasteiger partial charge is 0.249 e. The van der Waals surface area contributed by atoms with E-state index in [-0.39, 0.29) is 17.0 Å². The van der Waals surface area contributed by atoms with Gasteiger partial charge >= 0.3 is 0 Å². The van der Waals surface area contributed by atoms with Gasteiger partial charge < -0.3 is 4.98 Å². The van der Waals surface area contributed by atoms with Crippen LogP contribution >= 0.6 is 0 Å². The molecule has 1 aromatic heterocycles. The first-order valence-corrected chi connectivity index (χ1v) is 10.2. The van der Waals surface area contributed by atoms with Crippen molar-refractivity contribution in [3.05, 3.63) is 29.1 Å². The van der Waals surface area contributed by atoms with Gasteiger partial charge in [-0.25, -0.2) is 0 Å². The van der Waals surface area contributed by atoms with Crippen molar-refractivity contribution in [1.29, 1.82) is 0 Å². The molecule has 0 aliphatic heterocycles. The Balaban J connectivity index is 1.70. The van der Waals surface area contributed by atoms with Gasteiger partial charge in [0.2, 0.25) is 11.6 Å². The zero-order valence-electron chi connectivity index (χ0n) is 16.4. The highest BCUT2D eigenvalue weighted by atomic mass is 16.2. The Bertz CT molecular complexity index is 873. The maximum atomic E-state index is 12.4. The van der Waals surface area contributed by atoms with E-state index in [0.29, 0.717) is 22.4 Å². The second-order valence-electron chi connectivity index (χ2n) is 10.4. The van der Waals surface area contributed by atoms with E-state index in [2.05, 4.69) is 32.7 Å². The molecule has 1 N–H and O–H groups in total. The summed E-state index contributed by atoms with van der Waals surface area (Å²) in [6, 6.07) is 0. The van der Waals surface area contributed by atoms with Crippen LogP contribution < -0.4 is 0 Å². The van der Waals surface area contributed by atoms with Crippen molar-refractivity contribution < 1.29 is 9.59 Å². The lowest BCUT2D eigenvalue weighted by Gasteiger charge is -2.64. The van der Waals surface area contributed by atoms with Gasteiger partial charge in [-0.3, -0.25) is 9.59 Å². The van der Waals surface area contributed by atoms with E-state index >= 15 is 0 Å². The standard InChI is InChI=1S/C23H29NO2/c1-21(2)7-5-8-23(4)16(21)6-9-22(3)14-11-15(25)20(26)19-18(14)13(12-24-19)10-17(22)23/h11-12,16-17,24H,5-10H2,1-4H3/t16?,17?,22-,23-/m0/s1. The molecule has 3 heteroatoms. The molecule has 0 radical (unpaired) electrons. The molecule has 2 fully saturated rings. The molecule has 1 heterocycles. The lowest BCUT2D eigenvalue weighted by Crippen LogP contribution is -2.57. The molecule has 0 spiro atoms. The van der Waals surface area contributed by atoms with Crippen LogP contribution in [-0.4, -0.2) is 16.6 Å². The predicted octanol–water partition coefficient (Wildman–Crippen LogP) is 4.97. The number of aromatic amines is 1. The van der Waals surface area contributed by atoms with Crippen LogP contribution in [0.3, 0.4) is 0 Å². The predicted molar refractivity (Wildman–Crippen MR) is 102 cm³/mol. The molecule has 5 rings (SSSR count). The number of aromatic nitrogens is 1. The Hall–Kier alpha value is -1.64. The molecule has 1 aromatic rings. The molecule has 26 heavy (non-hydrogen) atoms. The van der Waals surface area contributed by atoms with Gasteiger partial charge in [0, 0.05) is 11.8 Å². The third-order valence-electron chi connectivity index (χ3n) is 8.79. The third kappa shape index (κ3) is 1.80. The monoisotopic (exact) mass is 351 g/mol. The van der Waals surface area contributed by atoms with Crippen molar-refractivity contribution in [3.8, 4) is 0 Å². The molecule has 0 bridgehead atoms. The van der Waals surface area contributed by atoms with Crippen molar-refractivity contribution in [1.82, 2.24) is 4.98 Å². The number of allylic oxidation sites excluding steroid dienone is 2. The fourth-order valence-electron chi connectivity index (χ4n) is 7.60. The summed E-state index contributed by atoms with van der Waals surface area (Å²) in [6.45, 7) is 9.82. The second-order valence-corrected chi connectivity index (χ2v) is 10.4. The molecule has 3 nitrogen and oxygen atoms in total. The van der Waals surface area contributed by atoms with Crippen molar-refractivity contribution in [2.45, 2.75) is 66.2 Å². The molecule has 138 valence electrons. The van der Waals surface area contributed by atoms with E-state index < -0.39 is 0 Å². The number of ketones is 2. The van der Waals surface area contributed by atoms with Gasteiger partial charge in [-0.05, 0) is 77.4 Å².